The Morgan fingerprint density at radius 2 is 2.12 bits per heavy atom. The Morgan fingerprint density at radius 3 is 2.75 bits per heavy atom. The number of carbonyl (C=O) groups excluding carboxylic acids is 1. The highest BCUT2D eigenvalue weighted by Gasteiger charge is 1.99. The van der Waals surface area contributed by atoms with E-state index in [1.54, 1.807) is 18.2 Å². The summed E-state index contributed by atoms with van der Waals surface area (Å²) in [6.07, 6.45) is -0.409. The van der Waals surface area contributed by atoms with E-state index in [9.17, 15) is 9.59 Å². The summed E-state index contributed by atoms with van der Waals surface area (Å²) < 4.78 is 0. The molecule has 1 aromatic carbocycles. The molecule has 0 saturated carbocycles. The van der Waals surface area contributed by atoms with Gasteiger partial charge in [-0.25, -0.2) is 4.79 Å². The van der Waals surface area contributed by atoms with Crippen LogP contribution in [0.1, 0.15) is 12.5 Å². The lowest BCUT2D eigenvalue weighted by Crippen LogP contribution is -2.22. The van der Waals surface area contributed by atoms with E-state index < -0.39 is 6.09 Å². The van der Waals surface area contributed by atoms with E-state index >= 15 is 0 Å². The van der Waals surface area contributed by atoms with E-state index in [0.29, 0.717) is 18.7 Å². The molecule has 1 aromatic rings. The third-order valence-corrected chi connectivity index (χ3v) is 1.97. The fraction of sp³-hybridized carbons (Fsp3) is 0.273. The average Bonchev–Trinajstić information content (AvgIpc) is 2.16. The highest BCUT2D eigenvalue weighted by atomic mass is 16.4. The van der Waals surface area contributed by atoms with Gasteiger partial charge < -0.3 is 10.4 Å². The van der Waals surface area contributed by atoms with Crippen molar-refractivity contribution >= 4 is 17.7 Å². The molecule has 2 amide bonds. The summed E-state index contributed by atoms with van der Waals surface area (Å²) in [6.45, 7) is 2.01. The number of rotatable bonds is 4. The maximum Gasteiger partial charge on any atom is 0.409 e. The topological polar surface area (TPSA) is 78.4 Å². The smallest absolute Gasteiger partial charge is 0.409 e. The summed E-state index contributed by atoms with van der Waals surface area (Å²) in [6, 6.07) is 7.08. The molecule has 3 N–H and O–H groups in total. The number of hydrogen-bond acceptors (Lipinski definition) is 2. The molecule has 0 saturated heterocycles. The van der Waals surface area contributed by atoms with E-state index in [4.69, 9.17) is 5.11 Å². The molecule has 0 unspecified atom stereocenters. The maximum absolute atomic E-state index is 10.6. The third-order valence-electron chi connectivity index (χ3n) is 1.97. The number of anilines is 1. The summed E-state index contributed by atoms with van der Waals surface area (Å²) in [7, 11) is 0. The Bertz CT molecular complexity index is 391. The molecule has 0 fully saturated rings. The molecule has 0 aliphatic heterocycles. The highest BCUT2D eigenvalue weighted by Crippen LogP contribution is 2.10. The van der Waals surface area contributed by atoms with Crippen molar-refractivity contribution in [3.63, 3.8) is 0 Å². The van der Waals surface area contributed by atoms with Crippen molar-refractivity contribution in [3.05, 3.63) is 29.8 Å². The van der Waals surface area contributed by atoms with E-state index in [2.05, 4.69) is 10.6 Å². The predicted octanol–water partition coefficient (Wildman–Crippen LogP) is 1.46. The number of benzene rings is 1. The molecule has 5 nitrogen and oxygen atoms in total. The summed E-state index contributed by atoms with van der Waals surface area (Å²) in [5.74, 6) is -0.0696. The summed E-state index contributed by atoms with van der Waals surface area (Å²) >= 11 is 0. The van der Waals surface area contributed by atoms with Crippen LogP contribution in [0.25, 0.3) is 0 Å². The van der Waals surface area contributed by atoms with Gasteiger partial charge in [0.2, 0.25) is 5.91 Å². The Morgan fingerprint density at radius 1 is 1.38 bits per heavy atom. The maximum atomic E-state index is 10.6. The van der Waals surface area contributed by atoms with Crippen LogP contribution in [0.5, 0.6) is 0 Å². The molecule has 16 heavy (non-hydrogen) atoms. The van der Waals surface area contributed by atoms with Crippen molar-refractivity contribution in [2.75, 3.05) is 11.9 Å². The van der Waals surface area contributed by atoms with Crippen molar-refractivity contribution in [2.45, 2.75) is 13.3 Å². The van der Waals surface area contributed by atoms with Gasteiger partial charge in [-0.3, -0.25) is 10.1 Å². The minimum Gasteiger partial charge on any atom is -0.465 e. The Hall–Kier alpha value is -2.04. The third kappa shape index (κ3) is 4.45. The fourth-order valence-electron chi connectivity index (χ4n) is 1.31. The average molecular weight is 222 g/mol. The van der Waals surface area contributed by atoms with Crippen LogP contribution in [-0.4, -0.2) is 23.7 Å². The molecule has 0 aromatic heterocycles. The van der Waals surface area contributed by atoms with Crippen LogP contribution in [0.4, 0.5) is 10.5 Å². The normalized spacial score (nSPS) is 9.56. The van der Waals surface area contributed by atoms with Gasteiger partial charge in [0.1, 0.15) is 0 Å². The summed E-state index contributed by atoms with van der Waals surface area (Å²) in [4.78, 5) is 21.1. The molecule has 1 rings (SSSR count). The van der Waals surface area contributed by atoms with Crippen LogP contribution in [0.2, 0.25) is 0 Å². The van der Waals surface area contributed by atoms with E-state index in [0.717, 1.165) is 5.56 Å². The first-order valence-electron chi connectivity index (χ1n) is 4.91. The van der Waals surface area contributed by atoms with Crippen LogP contribution < -0.4 is 10.6 Å². The van der Waals surface area contributed by atoms with Gasteiger partial charge in [0.25, 0.3) is 0 Å². The largest absolute Gasteiger partial charge is 0.465 e. The van der Waals surface area contributed by atoms with Gasteiger partial charge >= 0.3 is 6.09 Å². The first kappa shape index (κ1) is 12.0. The minimum atomic E-state index is -1.08. The second-order valence-corrected chi connectivity index (χ2v) is 3.36. The molecular formula is C11H14N2O3. The first-order chi connectivity index (χ1) is 7.58. The molecule has 0 atom stereocenters. The summed E-state index contributed by atoms with van der Waals surface area (Å²) in [5.41, 5.74) is 1.51. The number of nitrogens with one attached hydrogen (secondary N) is 2. The Balaban J connectivity index is 2.53. The zero-order valence-electron chi connectivity index (χ0n) is 8.99. The molecule has 0 spiro atoms. The SMILES string of the molecule is CC(=O)NCCc1cccc(NC(=O)O)c1. The van der Waals surface area contributed by atoms with Gasteiger partial charge in [0.05, 0.1) is 0 Å². The number of carbonyl (C=O) groups is 2. The number of hydrogen-bond donors (Lipinski definition) is 3. The van der Waals surface area contributed by atoms with Gasteiger partial charge in [-0.05, 0) is 24.1 Å². The lowest BCUT2D eigenvalue weighted by atomic mass is 10.1. The van der Waals surface area contributed by atoms with E-state index in [-0.39, 0.29) is 5.91 Å². The van der Waals surface area contributed by atoms with Gasteiger partial charge in [-0.1, -0.05) is 12.1 Å². The Kier molecular flexibility index (Phi) is 4.32. The summed E-state index contributed by atoms with van der Waals surface area (Å²) in [5, 5.41) is 13.5. The quantitative estimate of drug-likeness (QED) is 0.721. The van der Waals surface area contributed by atoms with Crippen molar-refractivity contribution in [1.82, 2.24) is 5.32 Å². The molecular weight excluding hydrogens is 208 g/mol. The van der Waals surface area contributed by atoms with E-state index in [1.807, 2.05) is 6.07 Å². The molecule has 0 aliphatic rings. The van der Waals surface area contributed by atoms with Crippen molar-refractivity contribution in [1.29, 1.82) is 0 Å². The predicted molar refractivity (Wildman–Crippen MR) is 60.5 cm³/mol. The fourth-order valence-corrected chi connectivity index (χ4v) is 1.31. The van der Waals surface area contributed by atoms with Gasteiger partial charge in [0, 0.05) is 19.2 Å². The van der Waals surface area contributed by atoms with Crippen molar-refractivity contribution < 1.29 is 14.7 Å². The number of amides is 2. The van der Waals surface area contributed by atoms with Crippen molar-refractivity contribution in [3.8, 4) is 0 Å². The molecule has 5 heteroatoms. The number of carboxylic acid groups (broad SMARTS) is 1. The second kappa shape index (κ2) is 5.75. The zero-order chi connectivity index (χ0) is 12.0. The van der Waals surface area contributed by atoms with Gasteiger partial charge in [-0.2, -0.15) is 0 Å². The van der Waals surface area contributed by atoms with Crippen LogP contribution in [0.3, 0.4) is 0 Å². The van der Waals surface area contributed by atoms with Crippen molar-refractivity contribution in [2.24, 2.45) is 0 Å². The van der Waals surface area contributed by atoms with Crippen LogP contribution in [0, 0.1) is 0 Å². The first-order valence-corrected chi connectivity index (χ1v) is 4.91. The molecule has 0 heterocycles. The lowest BCUT2D eigenvalue weighted by Gasteiger charge is -2.05. The zero-order valence-corrected chi connectivity index (χ0v) is 8.99. The molecule has 0 bridgehead atoms. The molecule has 0 aliphatic carbocycles. The van der Waals surface area contributed by atoms with Gasteiger partial charge in [-0.15, -0.1) is 0 Å². The molecule has 0 radical (unpaired) electrons. The lowest BCUT2D eigenvalue weighted by molar-refractivity contribution is -0.118. The van der Waals surface area contributed by atoms with E-state index in [1.165, 1.54) is 6.92 Å². The molecule has 86 valence electrons. The van der Waals surface area contributed by atoms with Crippen LogP contribution in [-0.2, 0) is 11.2 Å². The second-order valence-electron chi connectivity index (χ2n) is 3.36. The van der Waals surface area contributed by atoms with Gasteiger partial charge in [0.15, 0.2) is 0 Å². The van der Waals surface area contributed by atoms with Crippen LogP contribution in [0.15, 0.2) is 24.3 Å². The highest BCUT2D eigenvalue weighted by molar-refractivity contribution is 5.82. The minimum absolute atomic E-state index is 0.0696. The van der Waals surface area contributed by atoms with Crippen LogP contribution >= 0.6 is 0 Å². The monoisotopic (exact) mass is 222 g/mol. The standard InChI is InChI=1S/C11H14N2O3/c1-8(14)12-6-5-9-3-2-4-10(7-9)13-11(15)16/h2-4,7,13H,5-6H2,1H3,(H,12,14)(H,15,16). The Labute approximate surface area is 93.5 Å².